The molecule has 4 rings (SSSR count). The molecule has 4 heteroatoms. The maximum atomic E-state index is 6.12. The first-order valence-electron chi connectivity index (χ1n) is 6.55. The van der Waals surface area contributed by atoms with E-state index in [4.69, 9.17) is 21.1 Å². The van der Waals surface area contributed by atoms with E-state index < -0.39 is 5.12 Å². The standard InChI is InChI=1S/C15H19ClO2S/c1-13(2,3)14-8-17-15(18-9-14,19-10-14)11-4-6-12(16)7-5-11/h4-7H,8-10H2,1-3H3. The average molecular weight is 299 g/mol. The maximum Gasteiger partial charge on any atom is 0.245 e. The molecule has 0 saturated carbocycles. The smallest absolute Gasteiger partial charge is 0.245 e. The fourth-order valence-electron chi connectivity index (χ4n) is 2.50. The van der Waals surface area contributed by atoms with Gasteiger partial charge in [0.25, 0.3) is 0 Å². The van der Waals surface area contributed by atoms with E-state index >= 15 is 0 Å². The summed E-state index contributed by atoms with van der Waals surface area (Å²) in [7, 11) is 0. The molecule has 0 N–H and O–H groups in total. The van der Waals surface area contributed by atoms with Crippen LogP contribution in [-0.2, 0) is 14.6 Å². The molecule has 0 aliphatic carbocycles. The summed E-state index contributed by atoms with van der Waals surface area (Å²) in [5.74, 6) is 1.07. The van der Waals surface area contributed by atoms with Gasteiger partial charge in [0.2, 0.25) is 5.12 Å². The Hall–Kier alpha value is -0.220. The van der Waals surface area contributed by atoms with Gasteiger partial charge >= 0.3 is 0 Å². The van der Waals surface area contributed by atoms with E-state index in [1.165, 1.54) is 0 Å². The topological polar surface area (TPSA) is 18.5 Å². The van der Waals surface area contributed by atoms with Gasteiger partial charge in [-0.05, 0) is 17.5 Å². The predicted octanol–water partition coefficient (Wildman–Crippen LogP) is 4.28. The molecule has 0 unspecified atom stereocenters. The Balaban J connectivity index is 1.87. The Kier molecular flexibility index (Phi) is 3.17. The third-order valence-corrected chi connectivity index (χ3v) is 6.20. The highest BCUT2D eigenvalue weighted by Crippen LogP contribution is 2.58. The summed E-state index contributed by atoms with van der Waals surface area (Å²) in [6, 6.07) is 7.76. The zero-order chi connectivity index (χ0) is 13.7. The number of thioether (sulfide) groups is 1. The van der Waals surface area contributed by atoms with E-state index in [0.717, 1.165) is 29.6 Å². The van der Waals surface area contributed by atoms with Crippen LogP contribution in [0.4, 0.5) is 0 Å². The second-order valence-electron chi connectivity index (χ2n) is 6.46. The van der Waals surface area contributed by atoms with Gasteiger partial charge in [0.15, 0.2) is 0 Å². The molecule has 1 aromatic rings. The van der Waals surface area contributed by atoms with E-state index in [0.29, 0.717) is 0 Å². The first-order chi connectivity index (χ1) is 8.87. The summed E-state index contributed by atoms with van der Waals surface area (Å²) >= 11 is 7.70. The van der Waals surface area contributed by atoms with Crippen LogP contribution in [0.15, 0.2) is 24.3 Å². The molecule has 1 aromatic carbocycles. The number of hydrogen-bond donors (Lipinski definition) is 0. The van der Waals surface area contributed by atoms with Crippen molar-refractivity contribution in [3.05, 3.63) is 34.9 Å². The number of ether oxygens (including phenoxy) is 2. The van der Waals surface area contributed by atoms with Crippen LogP contribution in [0.2, 0.25) is 5.02 Å². The average Bonchev–Trinajstić information content (AvgIpc) is 2.40. The van der Waals surface area contributed by atoms with Crippen LogP contribution in [0.3, 0.4) is 0 Å². The molecule has 3 fully saturated rings. The van der Waals surface area contributed by atoms with Gasteiger partial charge in [0, 0.05) is 21.8 Å². The summed E-state index contributed by atoms with van der Waals surface area (Å²) in [6.45, 7) is 8.31. The quantitative estimate of drug-likeness (QED) is 0.771. The van der Waals surface area contributed by atoms with E-state index in [1.54, 1.807) is 11.8 Å². The van der Waals surface area contributed by atoms with Gasteiger partial charge < -0.3 is 9.47 Å². The van der Waals surface area contributed by atoms with Crippen LogP contribution < -0.4 is 0 Å². The monoisotopic (exact) mass is 298 g/mol. The molecule has 3 saturated heterocycles. The Bertz CT molecular complexity index is 453. The van der Waals surface area contributed by atoms with Gasteiger partial charge in [-0.2, -0.15) is 0 Å². The molecule has 0 aromatic heterocycles. The highest BCUT2D eigenvalue weighted by molar-refractivity contribution is 8.00. The molecule has 2 nitrogen and oxygen atoms in total. The van der Waals surface area contributed by atoms with E-state index in [2.05, 4.69) is 20.8 Å². The molecular formula is C15H19ClO2S. The van der Waals surface area contributed by atoms with Gasteiger partial charge in [-0.1, -0.05) is 56.3 Å². The lowest BCUT2D eigenvalue weighted by Gasteiger charge is -2.57. The van der Waals surface area contributed by atoms with Crippen LogP contribution in [0.5, 0.6) is 0 Å². The molecule has 104 valence electrons. The molecule has 3 aliphatic heterocycles. The lowest BCUT2D eigenvalue weighted by molar-refractivity contribution is -0.283. The van der Waals surface area contributed by atoms with Crippen molar-refractivity contribution < 1.29 is 9.47 Å². The number of halogens is 1. The second-order valence-corrected chi connectivity index (χ2v) is 8.01. The van der Waals surface area contributed by atoms with Gasteiger partial charge in [0.1, 0.15) is 0 Å². The molecule has 2 bridgehead atoms. The summed E-state index contributed by atoms with van der Waals surface area (Å²) < 4.78 is 12.2. The predicted molar refractivity (Wildman–Crippen MR) is 79.4 cm³/mol. The Morgan fingerprint density at radius 1 is 1.11 bits per heavy atom. The van der Waals surface area contributed by atoms with Crippen molar-refractivity contribution in [2.45, 2.75) is 25.9 Å². The zero-order valence-corrected chi connectivity index (χ0v) is 13.1. The highest BCUT2D eigenvalue weighted by atomic mass is 35.5. The number of fused-ring (bicyclic) bond motifs is 3. The summed E-state index contributed by atoms with van der Waals surface area (Å²) in [5.41, 5.74) is 1.35. The zero-order valence-electron chi connectivity index (χ0n) is 11.5. The first-order valence-corrected chi connectivity index (χ1v) is 7.91. The van der Waals surface area contributed by atoms with Gasteiger partial charge in [-0.15, -0.1) is 0 Å². The first kappa shape index (κ1) is 13.7. The molecular weight excluding hydrogens is 280 g/mol. The van der Waals surface area contributed by atoms with Crippen molar-refractivity contribution in [3.63, 3.8) is 0 Å². The van der Waals surface area contributed by atoms with Gasteiger partial charge in [-0.3, -0.25) is 0 Å². The van der Waals surface area contributed by atoms with Crippen LogP contribution in [0, 0.1) is 10.8 Å². The number of hydrogen-bond acceptors (Lipinski definition) is 3. The Morgan fingerprint density at radius 3 is 2.11 bits per heavy atom. The van der Waals surface area contributed by atoms with Crippen LogP contribution in [0.25, 0.3) is 0 Å². The minimum Gasteiger partial charge on any atom is -0.337 e. The number of benzene rings is 1. The van der Waals surface area contributed by atoms with E-state index in [-0.39, 0.29) is 10.8 Å². The Labute approximate surface area is 123 Å². The molecule has 0 amide bonds. The van der Waals surface area contributed by atoms with Crippen molar-refractivity contribution >= 4 is 23.4 Å². The lowest BCUT2D eigenvalue weighted by Crippen LogP contribution is -2.58. The highest BCUT2D eigenvalue weighted by Gasteiger charge is 2.57. The third-order valence-electron chi connectivity index (χ3n) is 4.40. The fraction of sp³-hybridized carbons (Fsp3) is 0.600. The van der Waals surface area contributed by atoms with Crippen molar-refractivity contribution in [2.75, 3.05) is 19.0 Å². The van der Waals surface area contributed by atoms with E-state index in [1.807, 2.05) is 24.3 Å². The van der Waals surface area contributed by atoms with E-state index in [9.17, 15) is 0 Å². The van der Waals surface area contributed by atoms with Crippen LogP contribution in [-0.4, -0.2) is 19.0 Å². The SMILES string of the molecule is CC(C)(C)C12COC(c3ccc(Cl)cc3)(OC1)SC2. The molecule has 0 spiro atoms. The molecule has 19 heavy (non-hydrogen) atoms. The molecule has 0 atom stereocenters. The molecule has 3 aliphatic rings. The summed E-state index contributed by atoms with van der Waals surface area (Å²) in [4.78, 5) is 0. The summed E-state index contributed by atoms with van der Waals surface area (Å²) in [5, 5.41) is 0.109. The third kappa shape index (κ3) is 2.11. The lowest BCUT2D eigenvalue weighted by atomic mass is 9.68. The van der Waals surface area contributed by atoms with Crippen LogP contribution in [0.1, 0.15) is 26.3 Å². The van der Waals surface area contributed by atoms with Gasteiger partial charge in [0.05, 0.1) is 13.2 Å². The van der Waals surface area contributed by atoms with Crippen molar-refractivity contribution in [1.29, 1.82) is 0 Å². The van der Waals surface area contributed by atoms with Crippen molar-refractivity contribution in [2.24, 2.45) is 10.8 Å². The normalized spacial score (nSPS) is 34.5. The minimum absolute atomic E-state index is 0.117. The Morgan fingerprint density at radius 2 is 1.68 bits per heavy atom. The summed E-state index contributed by atoms with van der Waals surface area (Å²) in [6.07, 6.45) is 0. The van der Waals surface area contributed by atoms with Crippen LogP contribution >= 0.6 is 23.4 Å². The van der Waals surface area contributed by atoms with Crippen molar-refractivity contribution in [1.82, 2.24) is 0 Å². The largest absolute Gasteiger partial charge is 0.337 e. The van der Waals surface area contributed by atoms with Gasteiger partial charge in [-0.25, -0.2) is 0 Å². The number of rotatable bonds is 1. The molecule has 0 radical (unpaired) electrons. The fourth-order valence-corrected chi connectivity index (χ4v) is 4.28. The maximum absolute atomic E-state index is 6.12. The minimum atomic E-state index is -0.627. The second kappa shape index (κ2) is 4.39. The molecule has 3 heterocycles. The van der Waals surface area contributed by atoms with Crippen molar-refractivity contribution in [3.8, 4) is 0 Å².